The van der Waals surface area contributed by atoms with Gasteiger partial charge < -0.3 is 14.1 Å². The van der Waals surface area contributed by atoms with Gasteiger partial charge in [-0.3, -0.25) is 19.5 Å². The fourth-order valence-electron chi connectivity index (χ4n) is 4.63. The first-order valence-corrected chi connectivity index (χ1v) is 13.8. The van der Waals surface area contributed by atoms with Crippen LogP contribution < -0.4 is 19.8 Å². The average molecular weight is 593 g/mol. The second kappa shape index (κ2) is 11.2. The molecular formula is C29H25ClN4O6S. The van der Waals surface area contributed by atoms with Crippen LogP contribution in [0.25, 0.3) is 17.4 Å². The maximum Gasteiger partial charge on any atom is 0.338 e. The second-order valence-corrected chi connectivity index (χ2v) is 10.9. The molecule has 0 saturated heterocycles. The number of aromatic nitrogens is 1. The number of anilines is 1. The molecule has 2 aromatic carbocycles. The molecule has 0 radical (unpaired) electrons. The molecule has 10 nitrogen and oxygen atoms in total. The van der Waals surface area contributed by atoms with Gasteiger partial charge in [0, 0.05) is 36.9 Å². The Hall–Kier alpha value is -4.48. The molecule has 12 heteroatoms. The Bertz CT molecular complexity index is 1880. The fraction of sp³-hybridized carbons (Fsp3) is 0.207. The number of carbonyl (C=O) groups excluding carboxylic acids is 1. The molecule has 0 spiro atoms. The van der Waals surface area contributed by atoms with Crippen LogP contribution in [0.15, 0.2) is 80.1 Å². The number of fused-ring (bicyclic) bond motifs is 1. The molecule has 1 atom stereocenters. The van der Waals surface area contributed by atoms with Crippen LogP contribution in [0.1, 0.15) is 31.2 Å². The molecule has 0 fully saturated rings. The monoisotopic (exact) mass is 592 g/mol. The van der Waals surface area contributed by atoms with Gasteiger partial charge in [-0.25, -0.2) is 9.79 Å². The molecule has 2 aromatic heterocycles. The number of hydrogen-bond acceptors (Lipinski definition) is 9. The Morgan fingerprint density at radius 3 is 2.61 bits per heavy atom. The van der Waals surface area contributed by atoms with Crippen LogP contribution in [0.5, 0.6) is 0 Å². The minimum atomic E-state index is -0.743. The number of hydrogen-bond donors (Lipinski definition) is 0. The predicted octanol–water partition coefficient (Wildman–Crippen LogP) is 4.69. The Kier molecular flexibility index (Phi) is 7.65. The quantitative estimate of drug-likeness (QED) is 0.173. The van der Waals surface area contributed by atoms with Crippen molar-refractivity contribution in [1.82, 2.24) is 4.57 Å². The van der Waals surface area contributed by atoms with Crippen molar-refractivity contribution in [1.29, 1.82) is 0 Å². The molecule has 41 heavy (non-hydrogen) atoms. The van der Waals surface area contributed by atoms with Crippen LogP contribution in [0, 0.1) is 10.1 Å². The normalized spacial score (nSPS) is 15.0. The van der Waals surface area contributed by atoms with Crippen molar-refractivity contribution < 1.29 is 18.9 Å². The highest BCUT2D eigenvalue weighted by atomic mass is 35.5. The van der Waals surface area contributed by atoms with E-state index < -0.39 is 16.9 Å². The number of furan rings is 1. The van der Waals surface area contributed by atoms with Gasteiger partial charge in [0.05, 0.1) is 38.9 Å². The van der Waals surface area contributed by atoms with Crippen LogP contribution in [0.4, 0.5) is 11.4 Å². The topological polar surface area (TPSA) is 120 Å². The zero-order valence-electron chi connectivity index (χ0n) is 22.6. The van der Waals surface area contributed by atoms with Gasteiger partial charge in [-0.1, -0.05) is 35.1 Å². The minimum absolute atomic E-state index is 0.179. The number of nitro benzene ring substituents is 1. The number of halogens is 1. The van der Waals surface area contributed by atoms with Gasteiger partial charge in [-0.15, -0.1) is 0 Å². The standard InChI is InChI=1S/C29H25ClN4O6S/c1-5-39-28(36)25-16(2)31-29-33(26(25)17-6-9-19(10-7-17)32(3)4)27(35)24(41-29)15-20-11-13-23(40-20)21-12-8-18(30)14-22(21)34(37)38/h6-15,26H,5H2,1-4H3/t26-/m0/s1. The summed E-state index contributed by atoms with van der Waals surface area (Å²) in [4.78, 5) is 44.9. The van der Waals surface area contributed by atoms with Gasteiger partial charge in [0.25, 0.3) is 11.2 Å². The van der Waals surface area contributed by atoms with Crippen molar-refractivity contribution in [2.75, 3.05) is 25.6 Å². The van der Waals surface area contributed by atoms with Crippen LogP contribution in [-0.4, -0.2) is 36.2 Å². The maximum absolute atomic E-state index is 13.8. The summed E-state index contributed by atoms with van der Waals surface area (Å²) in [6, 6.07) is 14.4. The lowest BCUT2D eigenvalue weighted by molar-refractivity contribution is -0.384. The van der Waals surface area contributed by atoms with E-state index in [0.717, 1.165) is 22.6 Å². The zero-order chi connectivity index (χ0) is 29.4. The molecule has 3 heterocycles. The van der Waals surface area contributed by atoms with E-state index >= 15 is 0 Å². The number of nitrogens with zero attached hydrogens (tertiary/aromatic N) is 4. The molecule has 0 N–H and O–H groups in total. The van der Waals surface area contributed by atoms with E-state index in [4.69, 9.17) is 20.8 Å². The van der Waals surface area contributed by atoms with Gasteiger partial charge in [-0.2, -0.15) is 0 Å². The number of carbonyl (C=O) groups is 1. The average Bonchev–Trinajstić information content (AvgIpc) is 3.52. The molecular weight excluding hydrogens is 568 g/mol. The van der Waals surface area contributed by atoms with E-state index in [1.807, 2.05) is 43.3 Å². The van der Waals surface area contributed by atoms with E-state index in [2.05, 4.69) is 4.99 Å². The lowest BCUT2D eigenvalue weighted by atomic mass is 9.95. The molecule has 5 rings (SSSR count). The number of benzene rings is 2. The fourth-order valence-corrected chi connectivity index (χ4v) is 5.82. The molecule has 1 aliphatic heterocycles. The number of rotatable bonds is 7. The van der Waals surface area contributed by atoms with Crippen LogP contribution in [-0.2, 0) is 9.53 Å². The molecule has 4 aromatic rings. The third-order valence-corrected chi connectivity index (χ3v) is 7.78. The highest BCUT2D eigenvalue weighted by molar-refractivity contribution is 7.07. The minimum Gasteiger partial charge on any atom is -0.463 e. The first kappa shape index (κ1) is 28.1. The molecule has 210 valence electrons. The molecule has 0 unspecified atom stereocenters. The van der Waals surface area contributed by atoms with Crippen molar-refractivity contribution >= 4 is 46.4 Å². The second-order valence-electron chi connectivity index (χ2n) is 9.41. The van der Waals surface area contributed by atoms with E-state index in [-0.39, 0.29) is 34.2 Å². The Labute approximate surface area is 243 Å². The number of ether oxygens (including phenoxy) is 1. The van der Waals surface area contributed by atoms with E-state index in [1.54, 1.807) is 38.1 Å². The number of nitro groups is 1. The molecule has 0 amide bonds. The molecule has 0 aliphatic carbocycles. The Balaban J connectivity index is 1.63. The van der Waals surface area contributed by atoms with Gasteiger partial charge >= 0.3 is 5.97 Å². The van der Waals surface area contributed by atoms with Crippen LogP contribution in [0.3, 0.4) is 0 Å². The third kappa shape index (κ3) is 5.33. The summed E-state index contributed by atoms with van der Waals surface area (Å²) in [5.74, 6) is 0.0411. The van der Waals surface area contributed by atoms with E-state index in [9.17, 15) is 19.7 Å². The van der Waals surface area contributed by atoms with Gasteiger partial charge in [-0.05, 0) is 55.8 Å². The number of esters is 1. The van der Waals surface area contributed by atoms with Gasteiger partial charge in [0.15, 0.2) is 4.80 Å². The Morgan fingerprint density at radius 2 is 1.95 bits per heavy atom. The summed E-state index contributed by atoms with van der Waals surface area (Å²) >= 11 is 7.10. The van der Waals surface area contributed by atoms with Gasteiger partial charge in [0.1, 0.15) is 11.5 Å². The van der Waals surface area contributed by atoms with Crippen molar-refractivity contribution in [2.45, 2.75) is 19.9 Å². The highest BCUT2D eigenvalue weighted by Crippen LogP contribution is 2.34. The van der Waals surface area contributed by atoms with Crippen molar-refractivity contribution in [2.24, 2.45) is 4.99 Å². The predicted molar refractivity (Wildman–Crippen MR) is 157 cm³/mol. The first-order chi connectivity index (χ1) is 19.6. The number of allylic oxidation sites excluding steroid dienone is 1. The third-order valence-electron chi connectivity index (χ3n) is 6.56. The molecule has 0 bridgehead atoms. The van der Waals surface area contributed by atoms with Crippen molar-refractivity contribution in [3.05, 3.63) is 112 Å². The van der Waals surface area contributed by atoms with E-state index in [0.29, 0.717) is 26.4 Å². The molecule has 1 aliphatic rings. The molecule has 0 saturated carbocycles. The SMILES string of the molecule is CCOC(=O)C1=C(C)N=c2sc(=Cc3ccc(-c4ccc(Cl)cc4[N+](=O)[O-])o3)c(=O)n2[C@H]1c1ccc(N(C)C)cc1. The Morgan fingerprint density at radius 1 is 1.22 bits per heavy atom. The highest BCUT2D eigenvalue weighted by Gasteiger charge is 2.33. The smallest absolute Gasteiger partial charge is 0.338 e. The van der Waals surface area contributed by atoms with Gasteiger partial charge in [0.2, 0.25) is 0 Å². The zero-order valence-corrected chi connectivity index (χ0v) is 24.2. The first-order valence-electron chi connectivity index (χ1n) is 12.6. The van der Waals surface area contributed by atoms with Crippen LogP contribution in [0.2, 0.25) is 5.02 Å². The summed E-state index contributed by atoms with van der Waals surface area (Å²) in [5.41, 5.74) is 2.16. The summed E-state index contributed by atoms with van der Waals surface area (Å²) in [7, 11) is 3.86. The summed E-state index contributed by atoms with van der Waals surface area (Å²) < 4.78 is 13.0. The lowest BCUT2D eigenvalue weighted by Crippen LogP contribution is -2.39. The number of thiazole rings is 1. The summed E-state index contributed by atoms with van der Waals surface area (Å²) in [6.07, 6.45) is 1.56. The van der Waals surface area contributed by atoms with Crippen molar-refractivity contribution in [3.8, 4) is 11.3 Å². The maximum atomic E-state index is 13.8. The largest absolute Gasteiger partial charge is 0.463 e. The van der Waals surface area contributed by atoms with Crippen LogP contribution >= 0.6 is 22.9 Å². The summed E-state index contributed by atoms with van der Waals surface area (Å²) in [5, 5.41) is 11.8. The van der Waals surface area contributed by atoms with Crippen molar-refractivity contribution in [3.63, 3.8) is 0 Å². The van der Waals surface area contributed by atoms with E-state index in [1.165, 1.54) is 16.7 Å². The lowest BCUT2D eigenvalue weighted by Gasteiger charge is -2.25. The summed E-state index contributed by atoms with van der Waals surface area (Å²) in [6.45, 7) is 3.63.